The van der Waals surface area contributed by atoms with E-state index in [1.807, 2.05) is 19.6 Å². The summed E-state index contributed by atoms with van der Waals surface area (Å²) in [5.74, 6) is 0.592. The second-order valence-electron chi connectivity index (χ2n) is 5.67. The second kappa shape index (κ2) is 6.71. The molecule has 0 saturated carbocycles. The first-order chi connectivity index (χ1) is 9.61. The summed E-state index contributed by atoms with van der Waals surface area (Å²) in [6.07, 6.45) is 4.86. The maximum Gasteiger partial charge on any atom is 0.0946 e. The summed E-state index contributed by atoms with van der Waals surface area (Å²) in [5, 5.41) is 3.62. The van der Waals surface area contributed by atoms with Gasteiger partial charge in [0.1, 0.15) is 0 Å². The van der Waals surface area contributed by atoms with E-state index in [9.17, 15) is 0 Å². The Kier molecular flexibility index (Phi) is 4.96. The van der Waals surface area contributed by atoms with Gasteiger partial charge >= 0.3 is 0 Å². The van der Waals surface area contributed by atoms with Crippen LogP contribution in [0.15, 0.2) is 36.8 Å². The van der Waals surface area contributed by atoms with Crippen LogP contribution in [0.3, 0.4) is 0 Å². The molecule has 0 aliphatic carbocycles. The van der Waals surface area contributed by atoms with E-state index in [2.05, 4.69) is 59.9 Å². The predicted octanol–water partition coefficient (Wildman–Crippen LogP) is 3.78. The van der Waals surface area contributed by atoms with Crippen LogP contribution in [-0.2, 0) is 13.6 Å². The Morgan fingerprint density at radius 1 is 1.20 bits per heavy atom. The number of hydrogen-bond acceptors (Lipinski definition) is 2. The van der Waals surface area contributed by atoms with Gasteiger partial charge in [-0.15, -0.1) is 0 Å². The molecule has 108 valence electrons. The molecule has 0 aliphatic rings. The first kappa shape index (κ1) is 14.8. The van der Waals surface area contributed by atoms with Crippen molar-refractivity contribution in [2.45, 2.75) is 45.7 Å². The van der Waals surface area contributed by atoms with Crippen molar-refractivity contribution in [3.8, 4) is 0 Å². The molecule has 0 saturated heterocycles. The van der Waals surface area contributed by atoms with Gasteiger partial charge in [0.2, 0.25) is 0 Å². The lowest BCUT2D eigenvalue weighted by molar-refractivity contribution is 0.493. The van der Waals surface area contributed by atoms with Gasteiger partial charge in [0, 0.05) is 25.8 Å². The van der Waals surface area contributed by atoms with Crippen LogP contribution in [0.2, 0.25) is 0 Å². The lowest BCUT2D eigenvalue weighted by Gasteiger charge is -2.17. The van der Waals surface area contributed by atoms with Crippen molar-refractivity contribution in [2.24, 2.45) is 7.05 Å². The summed E-state index contributed by atoms with van der Waals surface area (Å²) in [6, 6.07) is 9.25. The summed E-state index contributed by atoms with van der Waals surface area (Å²) in [7, 11) is 2.05. The number of hydrogen-bond donors (Lipinski definition) is 1. The Balaban J connectivity index is 1.98. The maximum absolute atomic E-state index is 4.20. The van der Waals surface area contributed by atoms with Crippen LogP contribution in [0, 0.1) is 0 Å². The predicted molar refractivity (Wildman–Crippen MR) is 83.6 cm³/mol. The summed E-state index contributed by atoms with van der Waals surface area (Å²) in [5.41, 5.74) is 3.97. The Labute approximate surface area is 122 Å². The molecule has 3 heteroatoms. The molecule has 1 aromatic carbocycles. The Morgan fingerprint density at radius 2 is 1.90 bits per heavy atom. The number of nitrogens with zero attached hydrogens (tertiary/aromatic N) is 2. The van der Waals surface area contributed by atoms with Crippen molar-refractivity contribution < 1.29 is 0 Å². The van der Waals surface area contributed by atoms with Crippen molar-refractivity contribution >= 4 is 0 Å². The van der Waals surface area contributed by atoms with E-state index in [1.165, 1.54) is 16.8 Å². The second-order valence-corrected chi connectivity index (χ2v) is 5.67. The van der Waals surface area contributed by atoms with E-state index in [1.54, 1.807) is 0 Å². The first-order valence-electron chi connectivity index (χ1n) is 7.40. The molecule has 0 radical (unpaired) electrons. The first-order valence-corrected chi connectivity index (χ1v) is 7.40. The third-order valence-electron chi connectivity index (χ3n) is 3.82. The van der Waals surface area contributed by atoms with Crippen LogP contribution < -0.4 is 5.32 Å². The van der Waals surface area contributed by atoms with Crippen LogP contribution in [0.4, 0.5) is 0 Å². The number of nitrogens with one attached hydrogen (secondary N) is 1. The van der Waals surface area contributed by atoms with Gasteiger partial charge < -0.3 is 9.88 Å². The number of benzene rings is 1. The molecule has 0 spiro atoms. The Hall–Kier alpha value is -1.61. The van der Waals surface area contributed by atoms with Crippen molar-refractivity contribution in [1.29, 1.82) is 0 Å². The average molecular weight is 271 g/mol. The number of rotatable bonds is 6. The van der Waals surface area contributed by atoms with Crippen LogP contribution >= 0.6 is 0 Å². The molecule has 20 heavy (non-hydrogen) atoms. The number of imidazole rings is 1. The maximum atomic E-state index is 4.20. The van der Waals surface area contributed by atoms with E-state index in [0.29, 0.717) is 12.0 Å². The molecule has 1 unspecified atom stereocenters. The minimum absolute atomic E-state index is 0.354. The molecule has 2 aromatic rings. The highest BCUT2D eigenvalue weighted by molar-refractivity contribution is 5.24. The smallest absolute Gasteiger partial charge is 0.0946 e. The summed E-state index contributed by atoms with van der Waals surface area (Å²) < 4.78 is 2.09. The van der Waals surface area contributed by atoms with Crippen LogP contribution in [0.25, 0.3) is 0 Å². The molecule has 1 heterocycles. The largest absolute Gasteiger partial charge is 0.336 e. The van der Waals surface area contributed by atoms with Crippen LogP contribution in [0.1, 0.15) is 56.0 Å². The molecule has 0 aliphatic heterocycles. The van der Waals surface area contributed by atoms with E-state index in [0.717, 1.165) is 13.0 Å². The van der Waals surface area contributed by atoms with Gasteiger partial charge in [-0.05, 0) is 23.5 Å². The average Bonchev–Trinajstić information content (AvgIpc) is 2.86. The molecule has 0 bridgehead atoms. The normalized spacial score (nSPS) is 12.8. The van der Waals surface area contributed by atoms with E-state index >= 15 is 0 Å². The Morgan fingerprint density at radius 3 is 2.40 bits per heavy atom. The molecule has 1 N–H and O–H groups in total. The third kappa shape index (κ3) is 3.48. The quantitative estimate of drug-likeness (QED) is 0.866. The standard InChI is InChI=1S/C17H25N3/c1-5-16(17-11-18-12-20(17)4)19-10-14-6-8-15(9-7-14)13(2)3/h6-9,11-13,16,19H,5,10H2,1-4H3. The van der Waals surface area contributed by atoms with Gasteiger partial charge in [-0.1, -0.05) is 45.0 Å². The van der Waals surface area contributed by atoms with E-state index in [-0.39, 0.29) is 0 Å². The molecular weight excluding hydrogens is 246 g/mol. The zero-order chi connectivity index (χ0) is 14.5. The van der Waals surface area contributed by atoms with Crippen LogP contribution in [0.5, 0.6) is 0 Å². The Bertz CT molecular complexity index is 525. The molecule has 1 atom stereocenters. The van der Waals surface area contributed by atoms with Gasteiger partial charge in [0.05, 0.1) is 12.0 Å². The minimum atomic E-state index is 0.354. The van der Waals surface area contributed by atoms with Gasteiger partial charge in [-0.25, -0.2) is 4.98 Å². The van der Waals surface area contributed by atoms with Crippen molar-refractivity contribution in [3.05, 3.63) is 53.6 Å². The SMILES string of the molecule is CCC(NCc1ccc(C(C)C)cc1)c1cncn1C. The molecule has 0 fully saturated rings. The molecular formula is C17H25N3. The topological polar surface area (TPSA) is 29.9 Å². The fraction of sp³-hybridized carbons (Fsp3) is 0.471. The highest BCUT2D eigenvalue weighted by Crippen LogP contribution is 2.18. The zero-order valence-electron chi connectivity index (χ0n) is 12.9. The highest BCUT2D eigenvalue weighted by Gasteiger charge is 2.12. The van der Waals surface area contributed by atoms with Crippen molar-refractivity contribution in [2.75, 3.05) is 0 Å². The monoisotopic (exact) mass is 271 g/mol. The summed E-state index contributed by atoms with van der Waals surface area (Å²) in [4.78, 5) is 4.20. The summed E-state index contributed by atoms with van der Waals surface area (Å²) in [6.45, 7) is 7.54. The fourth-order valence-electron chi connectivity index (χ4n) is 2.42. The zero-order valence-corrected chi connectivity index (χ0v) is 12.9. The van der Waals surface area contributed by atoms with Gasteiger partial charge in [0.25, 0.3) is 0 Å². The molecule has 1 aromatic heterocycles. The lowest BCUT2D eigenvalue weighted by atomic mass is 10.0. The number of aromatic nitrogens is 2. The minimum Gasteiger partial charge on any atom is -0.336 e. The highest BCUT2D eigenvalue weighted by atomic mass is 15.1. The van der Waals surface area contributed by atoms with Crippen molar-refractivity contribution in [1.82, 2.24) is 14.9 Å². The van der Waals surface area contributed by atoms with Crippen molar-refractivity contribution in [3.63, 3.8) is 0 Å². The third-order valence-corrected chi connectivity index (χ3v) is 3.82. The van der Waals surface area contributed by atoms with Crippen LogP contribution in [-0.4, -0.2) is 9.55 Å². The fourth-order valence-corrected chi connectivity index (χ4v) is 2.42. The summed E-state index contributed by atoms with van der Waals surface area (Å²) >= 11 is 0. The molecule has 2 rings (SSSR count). The molecule has 0 amide bonds. The molecule has 3 nitrogen and oxygen atoms in total. The van der Waals surface area contributed by atoms with E-state index < -0.39 is 0 Å². The number of aryl methyl sites for hydroxylation is 1. The van der Waals surface area contributed by atoms with Gasteiger partial charge in [-0.3, -0.25) is 0 Å². The van der Waals surface area contributed by atoms with E-state index in [4.69, 9.17) is 0 Å². The van der Waals surface area contributed by atoms with Gasteiger partial charge in [0.15, 0.2) is 0 Å². The van der Waals surface area contributed by atoms with Gasteiger partial charge in [-0.2, -0.15) is 0 Å². The lowest BCUT2D eigenvalue weighted by Crippen LogP contribution is -2.22.